The summed E-state index contributed by atoms with van der Waals surface area (Å²) in [6.45, 7) is 6.52. The maximum atomic E-state index is 12.6. The molecule has 0 amide bonds. The third kappa shape index (κ3) is 4.23. The van der Waals surface area contributed by atoms with Crippen LogP contribution in [0.2, 0.25) is 0 Å². The lowest BCUT2D eigenvalue weighted by atomic mass is 10.2. The summed E-state index contributed by atoms with van der Waals surface area (Å²) in [6.07, 6.45) is 0. The van der Waals surface area contributed by atoms with E-state index < -0.39 is 10.0 Å². The van der Waals surface area contributed by atoms with Gasteiger partial charge in [-0.05, 0) is 56.7 Å². The molecule has 1 aromatic heterocycles. The Labute approximate surface area is 162 Å². The van der Waals surface area contributed by atoms with Gasteiger partial charge in [0.05, 0.1) is 21.7 Å². The number of nitrogens with one attached hydrogen (secondary N) is 1. The molecule has 0 atom stereocenters. The second-order valence-electron chi connectivity index (χ2n) is 6.36. The summed E-state index contributed by atoms with van der Waals surface area (Å²) in [5.41, 5.74) is 1.59. The molecule has 0 bridgehead atoms. The molecule has 6 nitrogen and oxygen atoms in total. The fourth-order valence-corrected chi connectivity index (χ4v) is 4.98. The lowest BCUT2D eigenvalue weighted by Crippen LogP contribution is -2.23. The van der Waals surface area contributed by atoms with E-state index in [2.05, 4.69) is 4.72 Å². The van der Waals surface area contributed by atoms with Gasteiger partial charge in [0, 0.05) is 12.6 Å². The highest BCUT2D eigenvalue weighted by Gasteiger charge is 2.17. The lowest BCUT2D eigenvalue weighted by Gasteiger charge is -2.09. The Morgan fingerprint density at radius 1 is 1.15 bits per heavy atom. The van der Waals surface area contributed by atoms with E-state index in [9.17, 15) is 13.2 Å². The molecule has 0 spiro atoms. The molecule has 2 aromatic carbocycles. The number of fused-ring (bicyclic) bond motifs is 1. The first-order valence-electron chi connectivity index (χ1n) is 8.68. The summed E-state index contributed by atoms with van der Waals surface area (Å²) in [4.78, 5) is 12.2. The Morgan fingerprint density at radius 2 is 1.85 bits per heavy atom. The van der Waals surface area contributed by atoms with E-state index in [1.807, 2.05) is 45.0 Å². The van der Waals surface area contributed by atoms with Gasteiger partial charge in [-0.1, -0.05) is 23.5 Å². The molecule has 27 heavy (non-hydrogen) atoms. The van der Waals surface area contributed by atoms with Crippen molar-refractivity contribution in [2.45, 2.75) is 38.3 Å². The number of ether oxygens (including phenoxy) is 1. The predicted molar refractivity (Wildman–Crippen MR) is 108 cm³/mol. The molecule has 144 valence electrons. The first-order valence-corrected chi connectivity index (χ1v) is 11.0. The standard InChI is InChI=1S/C19H22N2O4S2/c1-4-25-15-7-5-14(6-8-15)12-20-27(23,24)16-9-10-17-18(11-16)26-19(22)21(17)13(2)3/h5-11,13,20H,4,12H2,1-3H3. The van der Waals surface area contributed by atoms with Crippen molar-refractivity contribution in [1.82, 2.24) is 9.29 Å². The van der Waals surface area contributed by atoms with Crippen LogP contribution in [0.15, 0.2) is 52.2 Å². The first kappa shape index (κ1) is 19.6. The van der Waals surface area contributed by atoms with Gasteiger partial charge in [0.15, 0.2) is 0 Å². The minimum absolute atomic E-state index is 0.0199. The van der Waals surface area contributed by atoms with Crippen LogP contribution in [0.1, 0.15) is 32.4 Å². The summed E-state index contributed by atoms with van der Waals surface area (Å²) in [5.74, 6) is 0.749. The van der Waals surface area contributed by atoms with Crippen LogP contribution in [0, 0.1) is 0 Å². The van der Waals surface area contributed by atoms with Crippen LogP contribution in [0.25, 0.3) is 10.2 Å². The Kier molecular flexibility index (Phi) is 5.69. The summed E-state index contributed by atoms with van der Waals surface area (Å²) in [5, 5.41) is 0. The molecule has 0 fully saturated rings. The van der Waals surface area contributed by atoms with Gasteiger partial charge in [-0.25, -0.2) is 13.1 Å². The van der Waals surface area contributed by atoms with Crippen LogP contribution in [0.5, 0.6) is 5.75 Å². The topological polar surface area (TPSA) is 77.4 Å². The first-order chi connectivity index (χ1) is 12.8. The second-order valence-corrected chi connectivity index (χ2v) is 9.12. The normalized spacial score (nSPS) is 12.0. The second kappa shape index (κ2) is 7.84. The molecule has 0 saturated carbocycles. The zero-order valence-corrected chi connectivity index (χ0v) is 17.1. The molecule has 1 N–H and O–H groups in total. The largest absolute Gasteiger partial charge is 0.494 e. The van der Waals surface area contributed by atoms with E-state index in [4.69, 9.17) is 4.74 Å². The van der Waals surface area contributed by atoms with Crippen LogP contribution < -0.4 is 14.3 Å². The average molecular weight is 407 g/mol. The number of hydrogen-bond donors (Lipinski definition) is 1. The molecule has 3 aromatic rings. The quantitative estimate of drug-likeness (QED) is 0.651. The average Bonchev–Trinajstić information content (AvgIpc) is 2.96. The zero-order chi connectivity index (χ0) is 19.6. The van der Waals surface area contributed by atoms with Crippen LogP contribution in [-0.4, -0.2) is 19.6 Å². The van der Waals surface area contributed by atoms with Gasteiger partial charge in [-0.2, -0.15) is 0 Å². The van der Waals surface area contributed by atoms with Crippen LogP contribution in [0.4, 0.5) is 0 Å². The number of sulfonamides is 1. The van der Waals surface area contributed by atoms with Crippen molar-refractivity contribution in [3.05, 3.63) is 57.7 Å². The number of hydrogen-bond acceptors (Lipinski definition) is 5. The van der Waals surface area contributed by atoms with Crippen molar-refractivity contribution in [1.29, 1.82) is 0 Å². The van der Waals surface area contributed by atoms with Gasteiger partial charge in [0.25, 0.3) is 0 Å². The zero-order valence-electron chi connectivity index (χ0n) is 15.4. The van der Waals surface area contributed by atoms with Crippen molar-refractivity contribution in [3.8, 4) is 5.75 Å². The number of aromatic nitrogens is 1. The SMILES string of the molecule is CCOc1ccc(CNS(=O)(=O)c2ccc3c(c2)sc(=O)n3C(C)C)cc1. The number of rotatable bonds is 7. The van der Waals surface area contributed by atoms with E-state index >= 15 is 0 Å². The van der Waals surface area contributed by atoms with Crippen molar-refractivity contribution in [2.75, 3.05) is 6.61 Å². The Hall–Kier alpha value is -2.16. The molecular formula is C19H22N2O4S2. The molecule has 0 saturated heterocycles. The molecule has 8 heteroatoms. The third-order valence-corrected chi connectivity index (χ3v) is 6.43. The van der Waals surface area contributed by atoms with Crippen molar-refractivity contribution >= 4 is 31.6 Å². The molecule has 3 rings (SSSR count). The fourth-order valence-electron chi connectivity index (χ4n) is 2.80. The monoisotopic (exact) mass is 406 g/mol. The minimum Gasteiger partial charge on any atom is -0.494 e. The Morgan fingerprint density at radius 3 is 2.48 bits per heavy atom. The van der Waals surface area contributed by atoms with Crippen molar-refractivity contribution in [2.24, 2.45) is 0 Å². The van der Waals surface area contributed by atoms with Gasteiger partial charge in [-0.3, -0.25) is 9.36 Å². The predicted octanol–water partition coefficient (Wildman–Crippen LogP) is 3.52. The minimum atomic E-state index is -3.68. The van der Waals surface area contributed by atoms with Crippen LogP contribution >= 0.6 is 11.3 Å². The van der Waals surface area contributed by atoms with E-state index in [1.165, 1.54) is 6.07 Å². The lowest BCUT2D eigenvalue weighted by molar-refractivity contribution is 0.340. The maximum Gasteiger partial charge on any atom is 0.308 e. The van der Waals surface area contributed by atoms with Crippen LogP contribution in [-0.2, 0) is 16.6 Å². The Balaban J connectivity index is 1.81. The molecule has 0 aliphatic rings. The van der Waals surface area contributed by atoms with Crippen molar-refractivity contribution in [3.63, 3.8) is 0 Å². The van der Waals surface area contributed by atoms with Gasteiger partial charge in [0.1, 0.15) is 5.75 Å². The van der Waals surface area contributed by atoms with E-state index in [0.29, 0.717) is 11.3 Å². The van der Waals surface area contributed by atoms with Gasteiger partial charge in [0.2, 0.25) is 10.0 Å². The highest BCUT2D eigenvalue weighted by molar-refractivity contribution is 7.89. The molecule has 0 aliphatic heterocycles. The molecule has 0 radical (unpaired) electrons. The summed E-state index contributed by atoms with van der Waals surface area (Å²) < 4.78 is 35.6. The number of thiazole rings is 1. The summed E-state index contributed by atoms with van der Waals surface area (Å²) >= 11 is 1.06. The maximum absolute atomic E-state index is 12.6. The summed E-state index contributed by atoms with van der Waals surface area (Å²) in [6, 6.07) is 12.1. The molecular weight excluding hydrogens is 384 g/mol. The fraction of sp³-hybridized carbons (Fsp3) is 0.316. The highest BCUT2D eigenvalue weighted by Crippen LogP contribution is 2.24. The number of benzene rings is 2. The van der Waals surface area contributed by atoms with Crippen molar-refractivity contribution < 1.29 is 13.2 Å². The van der Waals surface area contributed by atoms with E-state index in [0.717, 1.165) is 28.2 Å². The van der Waals surface area contributed by atoms with Gasteiger partial charge < -0.3 is 4.74 Å². The van der Waals surface area contributed by atoms with E-state index in [1.54, 1.807) is 16.7 Å². The number of nitrogens with zero attached hydrogens (tertiary/aromatic N) is 1. The van der Waals surface area contributed by atoms with Gasteiger partial charge in [-0.15, -0.1) is 0 Å². The molecule has 0 aliphatic carbocycles. The smallest absolute Gasteiger partial charge is 0.308 e. The van der Waals surface area contributed by atoms with Crippen LogP contribution in [0.3, 0.4) is 0 Å². The third-order valence-electron chi connectivity index (χ3n) is 4.11. The Bertz CT molecular complexity index is 1100. The van der Waals surface area contributed by atoms with E-state index in [-0.39, 0.29) is 22.4 Å². The van der Waals surface area contributed by atoms with Gasteiger partial charge >= 0.3 is 4.87 Å². The molecule has 0 unspecified atom stereocenters. The molecule has 1 heterocycles. The summed E-state index contributed by atoms with van der Waals surface area (Å²) in [7, 11) is -3.68. The highest BCUT2D eigenvalue weighted by atomic mass is 32.2.